The molecule has 0 saturated carbocycles. The summed E-state index contributed by atoms with van der Waals surface area (Å²) in [7, 11) is 0. The van der Waals surface area contributed by atoms with Crippen molar-refractivity contribution in [3.05, 3.63) is 161 Å². The maximum Gasteiger partial charge on any atom is 0.417 e. The Kier molecular flexibility index (Phi) is 10.6. The minimum absolute atomic E-state index is 0.0173. The molecule has 0 atom stereocenters. The van der Waals surface area contributed by atoms with E-state index in [0.717, 1.165) is 34.3 Å². The summed E-state index contributed by atoms with van der Waals surface area (Å²) in [5.74, 6) is 0.758. The molecular weight excluding hydrogens is 581 g/mol. The van der Waals surface area contributed by atoms with Gasteiger partial charge in [-0.2, -0.15) is 13.2 Å². The highest BCUT2D eigenvalue weighted by Gasteiger charge is 2.34. The molecule has 3 nitrogen and oxygen atoms in total. The van der Waals surface area contributed by atoms with Gasteiger partial charge in [-0.15, -0.1) is 0 Å². The van der Waals surface area contributed by atoms with Gasteiger partial charge in [0.15, 0.2) is 0 Å². The van der Waals surface area contributed by atoms with Crippen LogP contribution in [0.3, 0.4) is 0 Å². The lowest BCUT2D eigenvalue weighted by Gasteiger charge is -2.29. The van der Waals surface area contributed by atoms with Crippen LogP contribution in [0.4, 0.5) is 24.5 Å². The van der Waals surface area contributed by atoms with Crippen LogP contribution in [0.2, 0.25) is 5.02 Å². The Morgan fingerprint density at radius 2 is 1.30 bits per heavy atom. The average Bonchev–Trinajstić information content (AvgIpc) is 3.03. The van der Waals surface area contributed by atoms with Gasteiger partial charge in [-0.3, -0.25) is 4.90 Å². The minimum atomic E-state index is -4.52. The second-order valence-electron chi connectivity index (χ2n) is 10.6. The van der Waals surface area contributed by atoms with Crippen LogP contribution < -0.4 is 10.1 Å². The van der Waals surface area contributed by atoms with Gasteiger partial charge in [-0.1, -0.05) is 109 Å². The van der Waals surface area contributed by atoms with Crippen LogP contribution in [0.25, 0.3) is 0 Å². The molecule has 44 heavy (non-hydrogen) atoms. The maximum atomic E-state index is 13.7. The van der Waals surface area contributed by atoms with E-state index in [1.165, 1.54) is 6.07 Å². The Balaban J connectivity index is 1.32. The van der Waals surface area contributed by atoms with Crippen molar-refractivity contribution in [3.63, 3.8) is 0 Å². The Labute approximate surface area is 261 Å². The summed E-state index contributed by atoms with van der Waals surface area (Å²) in [4.78, 5) is 2.17. The summed E-state index contributed by atoms with van der Waals surface area (Å²) in [5, 5.41) is 3.12. The minimum Gasteiger partial charge on any atom is -0.493 e. The SMILES string of the molecule is FC(F)(F)c1cccc(CN(CCCOc2cccc(Nc3ccccc3)c2)CC(c2ccccc2)c2ccccc2)c1Cl. The van der Waals surface area contributed by atoms with E-state index in [1.807, 2.05) is 91.0 Å². The molecule has 0 unspecified atom stereocenters. The lowest BCUT2D eigenvalue weighted by atomic mass is 9.90. The molecular formula is C37H34ClF3N2O. The zero-order valence-corrected chi connectivity index (χ0v) is 24.9. The van der Waals surface area contributed by atoms with Gasteiger partial charge < -0.3 is 10.1 Å². The molecule has 0 fully saturated rings. The predicted molar refractivity (Wildman–Crippen MR) is 173 cm³/mol. The average molecular weight is 615 g/mol. The normalized spacial score (nSPS) is 11.6. The van der Waals surface area contributed by atoms with Crippen molar-refractivity contribution in [3.8, 4) is 5.75 Å². The molecule has 0 spiro atoms. The summed E-state index contributed by atoms with van der Waals surface area (Å²) in [6, 6.07) is 42.2. The van der Waals surface area contributed by atoms with Crippen molar-refractivity contribution in [2.45, 2.75) is 25.1 Å². The second-order valence-corrected chi connectivity index (χ2v) is 11.0. The topological polar surface area (TPSA) is 24.5 Å². The third kappa shape index (κ3) is 8.65. The van der Waals surface area contributed by atoms with E-state index in [2.05, 4.69) is 34.5 Å². The number of nitrogens with one attached hydrogen (secondary N) is 1. The second kappa shape index (κ2) is 15.0. The van der Waals surface area contributed by atoms with Crippen molar-refractivity contribution in [2.75, 3.05) is 25.0 Å². The zero-order chi connectivity index (χ0) is 30.8. The highest BCUT2D eigenvalue weighted by molar-refractivity contribution is 6.32. The van der Waals surface area contributed by atoms with E-state index in [1.54, 1.807) is 6.07 Å². The van der Waals surface area contributed by atoms with Gasteiger partial charge in [0.25, 0.3) is 0 Å². The summed E-state index contributed by atoms with van der Waals surface area (Å²) in [6.45, 7) is 1.92. The fourth-order valence-corrected chi connectivity index (χ4v) is 5.55. The molecule has 0 aromatic heterocycles. The molecule has 0 aliphatic rings. The monoisotopic (exact) mass is 614 g/mol. The standard InChI is InChI=1S/C37H34ClF3N2O/c38-36-30(17-10-22-35(36)37(39,40)41)26-43(27-34(28-13-4-1-5-14-28)29-15-6-2-7-16-29)23-12-24-44-33-21-11-20-32(25-33)42-31-18-8-3-9-19-31/h1-11,13-22,25,34,42H,12,23-24,26-27H2. The van der Waals surface area contributed by atoms with Crippen molar-refractivity contribution in [1.82, 2.24) is 4.90 Å². The van der Waals surface area contributed by atoms with Crippen molar-refractivity contribution in [2.24, 2.45) is 0 Å². The molecule has 0 amide bonds. The van der Waals surface area contributed by atoms with Crippen LogP contribution in [0.15, 0.2) is 133 Å². The molecule has 5 aromatic rings. The van der Waals surface area contributed by atoms with Crippen LogP contribution >= 0.6 is 11.6 Å². The van der Waals surface area contributed by atoms with Crippen molar-refractivity contribution < 1.29 is 17.9 Å². The molecule has 0 radical (unpaired) electrons. The molecule has 7 heteroatoms. The maximum absolute atomic E-state index is 13.7. The van der Waals surface area contributed by atoms with E-state index < -0.39 is 11.7 Å². The smallest absolute Gasteiger partial charge is 0.417 e. The molecule has 0 aliphatic heterocycles. The first-order valence-electron chi connectivity index (χ1n) is 14.6. The van der Waals surface area contributed by atoms with Crippen LogP contribution in [0, 0.1) is 0 Å². The number of hydrogen-bond acceptors (Lipinski definition) is 3. The van der Waals surface area contributed by atoms with Crippen LogP contribution in [-0.2, 0) is 12.7 Å². The fourth-order valence-electron chi connectivity index (χ4n) is 5.26. The third-order valence-electron chi connectivity index (χ3n) is 7.41. The first-order chi connectivity index (χ1) is 21.4. The van der Waals surface area contributed by atoms with Gasteiger partial charge in [0, 0.05) is 43.0 Å². The Morgan fingerprint density at radius 1 is 0.705 bits per heavy atom. The lowest BCUT2D eigenvalue weighted by Crippen LogP contribution is -2.31. The number of rotatable bonds is 13. The lowest BCUT2D eigenvalue weighted by molar-refractivity contribution is -0.137. The molecule has 5 aromatic carbocycles. The number of hydrogen-bond donors (Lipinski definition) is 1. The van der Waals surface area contributed by atoms with E-state index in [9.17, 15) is 13.2 Å². The first-order valence-corrected chi connectivity index (χ1v) is 15.0. The third-order valence-corrected chi connectivity index (χ3v) is 7.85. The number of halogens is 4. The highest BCUT2D eigenvalue weighted by Crippen LogP contribution is 2.37. The molecule has 0 heterocycles. The van der Waals surface area contributed by atoms with Gasteiger partial charge in [0.2, 0.25) is 0 Å². The number of benzene rings is 5. The zero-order valence-electron chi connectivity index (χ0n) is 24.2. The Hall–Kier alpha value is -4.26. The predicted octanol–water partition coefficient (Wildman–Crippen LogP) is 10.2. The molecule has 1 N–H and O–H groups in total. The number of alkyl halides is 3. The number of ether oxygens (including phenoxy) is 1. The van der Waals surface area contributed by atoms with E-state index in [-0.39, 0.29) is 17.5 Å². The molecule has 226 valence electrons. The van der Waals surface area contributed by atoms with Crippen molar-refractivity contribution >= 4 is 23.0 Å². The quantitative estimate of drug-likeness (QED) is 0.134. The van der Waals surface area contributed by atoms with Gasteiger partial charge in [0.05, 0.1) is 17.2 Å². The number of nitrogens with zero attached hydrogens (tertiary/aromatic N) is 1. The largest absolute Gasteiger partial charge is 0.493 e. The van der Waals surface area contributed by atoms with Crippen LogP contribution in [0.5, 0.6) is 5.75 Å². The molecule has 0 saturated heterocycles. The van der Waals surface area contributed by atoms with Gasteiger partial charge in [0.1, 0.15) is 5.75 Å². The molecule has 0 aliphatic carbocycles. The highest BCUT2D eigenvalue weighted by atomic mass is 35.5. The fraction of sp³-hybridized carbons (Fsp3) is 0.189. The Morgan fingerprint density at radius 3 is 1.93 bits per heavy atom. The van der Waals surface area contributed by atoms with Gasteiger partial charge >= 0.3 is 6.18 Å². The summed E-state index contributed by atoms with van der Waals surface area (Å²) in [6.07, 6.45) is -3.85. The van der Waals surface area contributed by atoms with Gasteiger partial charge in [-0.25, -0.2) is 0 Å². The van der Waals surface area contributed by atoms with Crippen LogP contribution in [-0.4, -0.2) is 24.6 Å². The first kappa shape index (κ1) is 31.2. The van der Waals surface area contributed by atoms with E-state index in [4.69, 9.17) is 16.3 Å². The van der Waals surface area contributed by atoms with Gasteiger partial charge in [-0.05, 0) is 53.4 Å². The Bertz CT molecular complexity index is 1560. The summed E-state index contributed by atoms with van der Waals surface area (Å²) in [5.41, 5.74) is 3.81. The number of para-hydroxylation sites is 1. The van der Waals surface area contributed by atoms with Crippen LogP contribution in [0.1, 0.15) is 34.6 Å². The van der Waals surface area contributed by atoms with Crippen molar-refractivity contribution in [1.29, 1.82) is 0 Å². The summed E-state index contributed by atoms with van der Waals surface area (Å²) < 4.78 is 47.1. The molecule has 0 bridgehead atoms. The summed E-state index contributed by atoms with van der Waals surface area (Å²) >= 11 is 6.34. The van der Waals surface area contributed by atoms with E-state index in [0.29, 0.717) is 31.7 Å². The number of anilines is 2. The van der Waals surface area contributed by atoms with E-state index >= 15 is 0 Å². The molecule has 5 rings (SSSR count).